The molecule has 4 fully saturated rings. The van der Waals surface area contributed by atoms with Crippen LogP contribution in [0.4, 0.5) is 19.0 Å². The van der Waals surface area contributed by atoms with Gasteiger partial charge in [0.2, 0.25) is 5.88 Å². The van der Waals surface area contributed by atoms with Crippen molar-refractivity contribution in [2.75, 3.05) is 37.7 Å². The van der Waals surface area contributed by atoms with Crippen LogP contribution in [0, 0.1) is 11.6 Å². The fourth-order valence-corrected chi connectivity index (χ4v) is 8.36. The van der Waals surface area contributed by atoms with Crippen molar-refractivity contribution in [3.05, 3.63) is 42.0 Å². The van der Waals surface area contributed by atoms with Crippen LogP contribution in [0.5, 0.6) is 17.6 Å². The molecule has 0 spiro atoms. The zero-order valence-electron chi connectivity index (χ0n) is 23.9. The van der Waals surface area contributed by atoms with Crippen molar-refractivity contribution in [3.63, 3.8) is 0 Å². The number of nitrogens with zero attached hydrogens (tertiary/aromatic N) is 5. The largest absolute Gasteiger partial charge is 0.508 e. The number of hydrogen-bond donors (Lipinski definition) is 2. The summed E-state index contributed by atoms with van der Waals surface area (Å²) in [7, 11) is 0. The Balaban J connectivity index is 1.23. The van der Waals surface area contributed by atoms with Gasteiger partial charge < -0.3 is 24.8 Å². The van der Waals surface area contributed by atoms with Crippen LogP contribution in [0.25, 0.3) is 32.9 Å². The molecule has 0 amide bonds. The van der Waals surface area contributed by atoms with E-state index >= 15 is 8.78 Å². The first kappa shape index (κ1) is 26.5. The first-order valence-corrected chi connectivity index (χ1v) is 15.4. The first-order valence-electron chi connectivity index (χ1n) is 15.4. The molecule has 0 saturated carbocycles. The fraction of sp³-hybridized carbons (Fsp3) is 0.469. The van der Waals surface area contributed by atoms with Gasteiger partial charge in [-0.3, -0.25) is 4.90 Å². The van der Waals surface area contributed by atoms with Gasteiger partial charge in [0.15, 0.2) is 5.82 Å². The number of halogens is 3. The van der Waals surface area contributed by atoms with Crippen molar-refractivity contribution < 1.29 is 27.8 Å². The summed E-state index contributed by atoms with van der Waals surface area (Å²) in [5, 5.41) is 15.0. The van der Waals surface area contributed by atoms with Crippen LogP contribution in [0.15, 0.2) is 30.3 Å². The summed E-state index contributed by atoms with van der Waals surface area (Å²) in [5.74, 6) is -0.881. The molecule has 9 rings (SSSR count). The molecule has 4 saturated heterocycles. The minimum atomic E-state index is -0.915. The second kappa shape index (κ2) is 9.55. The zero-order valence-corrected chi connectivity index (χ0v) is 23.9. The number of pyridine rings is 1. The Morgan fingerprint density at radius 3 is 2.93 bits per heavy atom. The predicted octanol–water partition coefficient (Wildman–Crippen LogP) is 4.49. The van der Waals surface area contributed by atoms with Crippen molar-refractivity contribution in [3.8, 4) is 28.9 Å². The Labute approximate surface area is 251 Å². The lowest BCUT2D eigenvalue weighted by Gasteiger charge is -2.40. The number of aromatic hydroxyl groups is 1. The molecule has 5 atom stereocenters. The minimum absolute atomic E-state index is 0.00323. The van der Waals surface area contributed by atoms with E-state index in [1.165, 1.54) is 24.3 Å². The van der Waals surface area contributed by atoms with Crippen LogP contribution in [0.1, 0.15) is 32.1 Å². The Kier molecular flexibility index (Phi) is 5.75. The highest BCUT2D eigenvalue weighted by Crippen LogP contribution is 2.45. The number of piperazine rings is 1. The van der Waals surface area contributed by atoms with Gasteiger partial charge >= 0.3 is 6.01 Å². The molecule has 2 bridgehead atoms. The molecular formula is C32H31F3N6O3. The van der Waals surface area contributed by atoms with E-state index in [1.54, 1.807) is 6.07 Å². The number of nitrogens with one attached hydrogen (secondary N) is 1. The highest BCUT2D eigenvalue weighted by molar-refractivity contribution is 6.02. The van der Waals surface area contributed by atoms with E-state index in [4.69, 9.17) is 14.5 Å². The molecule has 4 aromatic rings. The van der Waals surface area contributed by atoms with E-state index in [-0.39, 0.29) is 71.1 Å². The van der Waals surface area contributed by atoms with Crippen molar-refractivity contribution in [2.24, 2.45) is 0 Å². The van der Waals surface area contributed by atoms with Gasteiger partial charge in [0, 0.05) is 42.5 Å². The lowest BCUT2D eigenvalue weighted by Crippen LogP contribution is -2.60. The van der Waals surface area contributed by atoms with Crippen LogP contribution in [-0.2, 0) is 0 Å². The fourth-order valence-electron chi connectivity index (χ4n) is 8.36. The molecule has 0 radical (unpaired) electrons. The summed E-state index contributed by atoms with van der Waals surface area (Å²) >= 11 is 0. The van der Waals surface area contributed by atoms with Crippen molar-refractivity contribution >= 4 is 27.5 Å². The second-order valence-electron chi connectivity index (χ2n) is 12.9. The van der Waals surface area contributed by atoms with Crippen LogP contribution in [0.2, 0.25) is 0 Å². The Hall–Kier alpha value is -3.90. The van der Waals surface area contributed by atoms with E-state index < -0.39 is 23.3 Å². The predicted molar refractivity (Wildman–Crippen MR) is 157 cm³/mol. The molecule has 0 unspecified atom stereocenters. The number of phenols is 1. The number of alkyl halides is 1. The molecule has 12 heteroatoms. The third-order valence-corrected chi connectivity index (χ3v) is 10.3. The number of fused-ring (bicyclic) bond motifs is 7. The van der Waals surface area contributed by atoms with Gasteiger partial charge in [0.1, 0.15) is 53.4 Å². The Morgan fingerprint density at radius 1 is 1.11 bits per heavy atom. The molecule has 44 heavy (non-hydrogen) atoms. The molecule has 2 N–H and O–H groups in total. The molecule has 228 valence electrons. The van der Waals surface area contributed by atoms with E-state index in [0.717, 1.165) is 32.2 Å². The average molecular weight is 605 g/mol. The number of benzene rings is 2. The number of ether oxygens (including phenoxy) is 2. The van der Waals surface area contributed by atoms with Gasteiger partial charge in [-0.05, 0) is 55.8 Å². The van der Waals surface area contributed by atoms with Crippen LogP contribution in [-0.4, -0.2) is 87.6 Å². The van der Waals surface area contributed by atoms with Crippen molar-refractivity contribution in [2.45, 2.75) is 61.9 Å². The lowest BCUT2D eigenvalue weighted by atomic mass is 9.95. The van der Waals surface area contributed by atoms with Gasteiger partial charge in [0.05, 0.1) is 11.6 Å². The van der Waals surface area contributed by atoms with Gasteiger partial charge in [0.25, 0.3) is 0 Å². The van der Waals surface area contributed by atoms with E-state index in [1.807, 2.05) is 0 Å². The molecule has 7 heterocycles. The van der Waals surface area contributed by atoms with Gasteiger partial charge in [-0.25, -0.2) is 18.2 Å². The molecule has 0 aliphatic carbocycles. The maximum absolute atomic E-state index is 16.8. The summed E-state index contributed by atoms with van der Waals surface area (Å²) in [4.78, 5) is 18.3. The van der Waals surface area contributed by atoms with Gasteiger partial charge in [-0.2, -0.15) is 9.97 Å². The topological polar surface area (TPSA) is 95.9 Å². The molecule has 2 aromatic carbocycles. The zero-order chi connectivity index (χ0) is 29.7. The maximum Gasteiger partial charge on any atom is 0.319 e. The standard InChI is InChI=1S/C32H31F3N6O3/c33-17-11-32(7-2-8-40(32)12-17)15-44-31-38-28-25-29(39-31)41-13-18-5-6-22(36-18)23(41)14-43-30(25)37-27(26(28)35)20-10-19(42)9-16-3-1-4-21(34)24(16)20/h1,3-4,9-10,17-18,22-23,36,42H,2,5-8,11-15H2/t17-,18+,22-,23+,32-/m1/s1. The average Bonchev–Trinajstić information content (AvgIpc) is 3.64. The lowest BCUT2D eigenvalue weighted by molar-refractivity contribution is 0.107. The van der Waals surface area contributed by atoms with Crippen molar-refractivity contribution in [1.82, 2.24) is 25.2 Å². The molecule has 2 aromatic heterocycles. The molecular weight excluding hydrogens is 573 g/mol. The summed E-state index contributed by atoms with van der Waals surface area (Å²) in [6.07, 6.45) is 3.24. The maximum atomic E-state index is 16.8. The SMILES string of the molecule is Oc1cc(-c2nc3c4c(nc(OC[C@]56CCCN5C[C@H](F)C6)nc4c2F)N2C[C@@H]4CC[C@@H](N4)[C@@H]2CO3)c2c(F)cccc2c1. The van der Waals surface area contributed by atoms with E-state index in [9.17, 15) is 9.50 Å². The molecule has 5 aliphatic heterocycles. The van der Waals surface area contributed by atoms with Crippen LogP contribution in [0.3, 0.4) is 0 Å². The third kappa shape index (κ3) is 3.89. The summed E-state index contributed by atoms with van der Waals surface area (Å²) < 4.78 is 59.1. The molecule has 5 aliphatic rings. The van der Waals surface area contributed by atoms with Crippen LogP contribution >= 0.6 is 0 Å². The number of anilines is 1. The third-order valence-electron chi connectivity index (χ3n) is 10.3. The summed E-state index contributed by atoms with van der Waals surface area (Å²) in [6, 6.07) is 7.54. The summed E-state index contributed by atoms with van der Waals surface area (Å²) in [5.41, 5.74) is -0.593. The molecule has 9 nitrogen and oxygen atoms in total. The first-order chi connectivity index (χ1) is 21.4. The number of hydrogen-bond acceptors (Lipinski definition) is 9. The smallest absolute Gasteiger partial charge is 0.319 e. The second-order valence-corrected chi connectivity index (χ2v) is 12.9. The normalized spacial score (nSPS) is 29.1. The number of aromatic nitrogens is 3. The van der Waals surface area contributed by atoms with E-state index in [0.29, 0.717) is 36.1 Å². The van der Waals surface area contributed by atoms with Gasteiger partial charge in [-0.1, -0.05) is 12.1 Å². The number of rotatable bonds is 4. The van der Waals surface area contributed by atoms with Crippen molar-refractivity contribution in [1.29, 1.82) is 0 Å². The summed E-state index contributed by atoms with van der Waals surface area (Å²) in [6.45, 7) is 2.34. The minimum Gasteiger partial charge on any atom is -0.508 e. The van der Waals surface area contributed by atoms with Gasteiger partial charge in [-0.15, -0.1) is 0 Å². The quantitative estimate of drug-likeness (QED) is 0.350. The monoisotopic (exact) mass is 604 g/mol. The number of phenolic OH excluding ortho intramolecular Hbond substituents is 1. The van der Waals surface area contributed by atoms with Crippen LogP contribution < -0.4 is 19.7 Å². The van der Waals surface area contributed by atoms with E-state index in [2.05, 4.69) is 25.1 Å². The highest BCUT2D eigenvalue weighted by Gasteiger charge is 2.50. The Morgan fingerprint density at radius 2 is 2.02 bits per heavy atom. The highest BCUT2D eigenvalue weighted by atomic mass is 19.1. The Bertz CT molecular complexity index is 1840.